The van der Waals surface area contributed by atoms with Crippen molar-refractivity contribution in [2.75, 3.05) is 19.8 Å². The minimum absolute atomic E-state index is 0.286. The molecule has 0 aliphatic carbocycles. The first kappa shape index (κ1) is 14.6. The second kappa shape index (κ2) is 4.93. The second-order valence-electron chi connectivity index (χ2n) is 4.43. The Bertz CT molecular complexity index is 396. The maximum Gasteiger partial charge on any atom is 0.513 e. The van der Waals surface area contributed by atoms with Crippen LogP contribution in [0.4, 0.5) is 8.39 Å². The van der Waals surface area contributed by atoms with Gasteiger partial charge in [-0.1, -0.05) is 13.3 Å². The van der Waals surface area contributed by atoms with Gasteiger partial charge in [0.15, 0.2) is 0 Å². The third-order valence-corrected chi connectivity index (χ3v) is 4.82. The molecule has 0 aromatic heterocycles. The van der Waals surface area contributed by atoms with Gasteiger partial charge in [0.1, 0.15) is 0 Å². The first-order chi connectivity index (χ1) is 8.29. The monoisotopic (exact) mass is 306 g/mol. The molecule has 2 aliphatic heterocycles. The quantitative estimate of drug-likeness (QED) is 0.728. The fourth-order valence-corrected chi connectivity index (χ4v) is 3.98. The van der Waals surface area contributed by atoms with Crippen LogP contribution in [0.25, 0.3) is 0 Å². The van der Waals surface area contributed by atoms with Crippen molar-refractivity contribution in [3.63, 3.8) is 0 Å². The Morgan fingerprint density at radius 3 is 2.11 bits per heavy atom. The summed E-state index contributed by atoms with van der Waals surface area (Å²) in [5.41, 5.74) is -0.976. The largest absolute Gasteiger partial charge is 0.513 e. The lowest BCUT2D eigenvalue weighted by molar-refractivity contribution is -0.124. The van der Waals surface area contributed by atoms with E-state index >= 15 is 0 Å². The van der Waals surface area contributed by atoms with Crippen molar-refractivity contribution in [2.45, 2.75) is 25.9 Å². The van der Waals surface area contributed by atoms with Gasteiger partial charge in [0.25, 0.3) is 0 Å². The van der Waals surface area contributed by atoms with E-state index in [1.54, 1.807) is 0 Å². The molecule has 0 aromatic rings. The predicted octanol–water partition coefficient (Wildman–Crippen LogP) is 3.39. The summed E-state index contributed by atoms with van der Waals surface area (Å²) in [5.74, 6) is 0. The third kappa shape index (κ3) is 3.00. The van der Waals surface area contributed by atoms with Crippen molar-refractivity contribution in [3.05, 3.63) is 0 Å². The number of hydrogen-bond acceptors (Lipinski definition) is 6. The first-order valence-electron chi connectivity index (χ1n) is 5.50. The van der Waals surface area contributed by atoms with Crippen molar-refractivity contribution >= 4 is 15.8 Å². The Kier molecular flexibility index (Phi) is 3.99. The van der Waals surface area contributed by atoms with E-state index in [4.69, 9.17) is 4.52 Å². The van der Waals surface area contributed by atoms with Crippen LogP contribution >= 0.6 is 15.8 Å². The highest BCUT2D eigenvalue weighted by Crippen LogP contribution is 2.62. The zero-order valence-electron chi connectivity index (χ0n) is 9.71. The fraction of sp³-hybridized carbons (Fsp3) is 1.00. The average molecular weight is 306 g/mol. The Morgan fingerprint density at radius 2 is 1.61 bits per heavy atom. The minimum atomic E-state index is -4.57. The molecular weight excluding hydrogens is 292 g/mol. The van der Waals surface area contributed by atoms with E-state index in [9.17, 15) is 17.5 Å². The van der Waals surface area contributed by atoms with Crippen molar-refractivity contribution < 1.29 is 35.6 Å². The standard InChI is InChI=1S/C8H14F2O6P2/c1-2-3-7-8(6-15-18(10,12)16-7)4-13-17(9,11)14-5-8/h7H,2-6H2,1H3. The summed E-state index contributed by atoms with van der Waals surface area (Å²) in [6.07, 6.45) is 0.243. The van der Waals surface area contributed by atoms with Gasteiger partial charge in [-0.15, -0.1) is 8.39 Å². The smallest absolute Gasteiger partial charge is 0.283 e. The molecule has 2 heterocycles. The fourth-order valence-electron chi connectivity index (χ4n) is 1.97. The summed E-state index contributed by atoms with van der Waals surface area (Å²) < 4.78 is 66.6. The van der Waals surface area contributed by atoms with E-state index in [0.717, 1.165) is 0 Å². The molecule has 2 rings (SSSR count). The zero-order chi connectivity index (χ0) is 13.4. The van der Waals surface area contributed by atoms with Crippen LogP contribution in [0, 0.1) is 5.41 Å². The van der Waals surface area contributed by atoms with Gasteiger partial charge in [-0.3, -0.25) is 18.1 Å². The van der Waals surface area contributed by atoms with Crippen molar-refractivity contribution in [1.82, 2.24) is 0 Å². The Balaban J connectivity index is 2.15. The highest BCUT2D eigenvalue weighted by Gasteiger charge is 2.54. The van der Waals surface area contributed by atoms with Gasteiger partial charge in [0.05, 0.1) is 31.3 Å². The molecule has 2 unspecified atom stereocenters. The number of hydrogen-bond donors (Lipinski definition) is 0. The van der Waals surface area contributed by atoms with Crippen LogP contribution in [0.2, 0.25) is 0 Å². The van der Waals surface area contributed by atoms with Crippen LogP contribution in [0.3, 0.4) is 0 Å². The Morgan fingerprint density at radius 1 is 1.11 bits per heavy atom. The van der Waals surface area contributed by atoms with Crippen LogP contribution in [-0.2, 0) is 27.2 Å². The maximum atomic E-state index is 13.2. The molecule has 106 valence electrons. The lowest BCUT2D eigenvalue weighted by Crippen LogP contribution is -2.51. The molecule has 2 saturated heterocycles. The molecule has 0 N–H and O–H groups in total. The zero-order valence-corrected chi connectivity index (χ0v) is 11.5. The molecule has 2 aliphatic rings. The van der Waals surface area contributed by atoms with Gasteiger partial charge in [-0.05, 0) is 6.42 Å². The predicted molar refractivity (Wildman–Crippen MR) is 57.5 cm³/mol. The summed E-state index contributed by atoms with van der Waals surface area (Å²) in [7, 11) is -9.10. The molecule has 0 aromatic carbocycles. The van der Waals surface area contributed by atoms with Crippen molar-refractivity contribution in [2.24, 2.45) is 5.41 Å². The van der Waals surface area contributed by atoms with E-state index in [2.05, 4.69) is 13.6 Å². The van der Waals surface area contributed by atoms with Crippen LogP contribution < -0.4 is 0 Å². The van der Waals surface area contributed by atoms with E-state index < -0.39 is 27.3 Å². The normalized spacial score (nSPS) is 49.4. The third-order valence-electron chi connectivity index (χ3n) is 3.01. The molecular formula is C8H14F2O6P2. The van der Waals surface area contributed by atoms with E-state index in [0.29, 0.717) is 12.8 Å². The van der Waals surface area contributed by atoms with Crippen LogP contribution in [0.5, 0.6) is 0 Å². The second-order valence-corrected chi connectivity index (χ2v) is 7.13. The Hall–Kier alpha value is 0.160. The first-order valence-corrected chi connectivity index (χ1v) is 8.37. The summed E-state index contributed by atoms with van der Waals surface area (Å²) >= 11 is 0. The topological polar surface area (TPSA) is 71.1 Å². The van der Waals surface area contributed by atoms with Gasteiger partial charge in [-0.25, -0.2) is 9.13 Å². The lowest BCUT2D eigenvalue weighted by Gasteiger charge is -2.45. The molecule has 18 heavy (non-hydrogen) atoms. The molecule has 0 radical (unpaired) electrons. The summed E-state index contributed by atoms with van der Waals surface area (Å²) in [6, 6.07) is 0. The molecule has 2 fully saturated rings. The molecule has 0 bridgehead atoms. The van der Waals surface area contributed by atoms with Crippen LogP contribution in [0.1, 0.15) is 19.8 Å². The highest BCUT2D eigenvalue weighted by molar-refractivity contribution is 7.48. The van der Waals surface area contributed by atoms with Crippen LogP contribution in [-0.4, -0.2) is 25.9 Å². The Labute approximate surface area is 103 Å². The molecule has 6 nitrogen and oxygen atoms in total. The van der Waals surface area contributed by atoms with Crippen molar-refractivity contribution in [1.29, 1.82) is 0 Å². The summed E-state index contributed by atoms with van der Waals surface area (Å²) in [5, 5.41) is 0. The molecule has 0 saturated carbocycles. The minimum Gasteiger partial charge on any atom is -0.283 e. The lowest BCUT2D eigenvalue weighted by atomic mass is 9.82. The molecule has 2 atom stereocenters. The average Bonchev–Trinajstić information content (AvgIpc) is 2.27. The molecule has 1 spiro atoms. The maximum absolute atomic E-state index is 13.2. The van der Waals surface area contributed by atoms with Gasteiger partial charge < -0.3 is 0 Å². The molecule has 0 amide bonds. The summed E-state index contributed by atoms with van der Waals surface area (Å²) in [4.78, 5) is 0. The van der Waals surface area contributed by atoms with E-state index in [-0.39, 0.29) is 19.8 Å². The van der Waals surface area contributed by atoms with Gasteiger partial charge in [0.2, 0.25) is 0 Å². The molecule has 10 heteroatoms. The highest BCUT2D eigenvalue weighted by atomic mass is 31.2. The van der Waals surface area contributed by atoms with Gasteiger partial charge in [0, 0.05) is 0 Å². The van der Waals surface area contributed by atoms with Crippen molar-refractivity contribution in [3.8, 4) is 0 Å². The van der Waals surface area contributed by atoms with Crippen LogP contribution in [0.15, 0.2) is 0 Å². The van der Waals surface area contributed by atoms with E-state index in [1.807, 2.05) is 6.92 Å². The van der Waals surface area contributed by atoms with Gasteiger partial charge in [-0.2, -0.15) is 0 Å². The SMILES string of the molecule is CCCC1OP(=O)(F)OCC12COP(=O)(F)OC2. The number of rotatable bonds is 2. The summed E-state index contributed by atoms with van der Waals surface area (Å²) in [6.45, 7) is 0.975. The van der Waals surface area contributed by atoms with E-state index in [1.165, 1.54) is 0 Å². The van der Waals surface area contributed by atoms with Gasteiger partial charge >= 0.3 is 15.8 Å². The number of halogens is 2.